The van der Waals surface area contributed by atoms with Gasteiger partial charge in [-0.25, -0.2) is 25.9 Å². The van der Waals surface area contributed by atoms with Gasteiger partial charge in [-0.05, 0) is 61.8 Å². The number of rotatable bonds is 6. The first-order valence-electron chi connectivity index (χ1n) is 8.48. The van der Waals surface area contributed by atoms with Gasteiger partial charge in [0, 0.05) is 19.6 Å². The van der Waals surface area contributed by atoms with Crippen molar-refractivity contribution in [2.24, 2.45) is 0 Å². The van der Waals surface area contributed by atoms with Crippen LogP contribution in [0, 0.1) is 0 Å². The number of nitrogens with zero attached hydrogens (tertiary/aromatic N) is 1. The molecule has 1 aliphatic heterocycles. The molecule has 0 spiro atoms. The highest BCUT2D eigenvalue weighted by molar-refractivity contribution is 7.90. The minimum absolute atomic E-state index is 0.0990. The average Bonchev–Trinajstić information content (AvgIpc) is 3.09. The molecule has 2 aliphatic rings. The quantitative estimate of drug-likeness (QED) is 0.815. The second kappa shape index (κ2) is 7.11. The number of fused-ring (bicyclic) bond motifs is 1. The lowest BCUT2D eigenvalue weighted by Crippen LogP contribution is -2.36. The van der Waals surface area contributed by atoms with Crippen molar-refractivity contribution in [2.75, 3.05) is 25.4 Å². The van der Waals surface area contributed by atoms with Crippen LogP contribution in [0.4, 0.5) is 0 Å². The van der Waals surface area contributed by atoms with Gasteiger partial charge in [0.2, 0.25) is 20.0 Å². The molecule has 1 fully saturated rings. The summed E-state index contributed by atoms with van der Waals surface area (Å²) in [5.74, 6) is -0.197. The van der Waals surface area contributed by atoms with E-state index in [9.17, 15) is 16.8 Å². The molecule has 0 atom stereocenters. The molecule has 1 N–H and O–H groups in total. The highest BCUT2D eigenvalue weighted by atomic mass is 32.2. The monoisotopic (exact) mass is 372 g/mol. The summed E-state index contributed by atoms with van der Waals surface area (Å²) in [6.07, 6.45) is 5.88. The summed E-state index contributed by atoms with van der Waals surface area (Å²) in [5, 5.41) is 0. The molecule has 0 unspecified atom stereocenters. The molecular formula is C16H24N2O4S2. The third-order valence-electron chi connectivity index (χ3n) is 4.74. The van der Waals surface area contributed by atoms with Crippen LogP contribution in [0.5, 0.6) is 0 Å². The largest absolute Gasteiger partial charge is 0.240 e. The van der Waals surface area contributed by atoms with Crippen molar-refractivity contribution in [2.45, 2.75) is 43.4 Å². The van der Waals surface area contributed by atoms with Gasteiger partial charge < -0.3 is 0 Å². The van der Waals surface area contributed by atoms with Crippen molar-refractivity contribution in [3.63, 3.8) is 0 Å². The Morgan fingerprint density at radius 1 is 0.917 bits per heavy atom. The minimum atomic E-state index is -3.67. The van der Waals surface area contributed by atoms with Gasteiger partial charge in [0.15, 0.2) is 0 Å². The van der Waals surface area contributed by atoms with E-state index >= 15 is 0 Å². The Morgan fingerprint density at radius 2 is 1.58 bits per heavy atom. The molecule has 1 aliphatic carbocycles. The predicted octanol–water partition coefficient (Wildman–Crippen LogP) is 1.27. The third kappa shape index (κ3) is 3.99. The minimum Gasteiger partial charge on any atom is -0.212 e. The Labute approximate surface area is 144 Å². The molecule has 0 amide bonds. The van der Waals surface area contributed by atoms with Gasteiger partial charge in [0.25, 0.3) is 0 Å². The van der Waals surface area contributed by atoms with E-state index in [1.54, 1.807) is 12.1 Å². The molecule has 0 radical (unpaired) electrons. The molecule has 1 aromatic rings. The van der Waals surface area contributed by atoms with Crippen LogP contribution in [-0.4, -0.2) is 46.5 Å². The van der Waals surface area contributed by atoms with Crippen LogP contribution in [0.3, 0.4) is 0 Å². The fraction of sp³-hybridized carbons (Fsp3) is 0.625. The summed E-state index contributed by atoms with van der Waals surface area (Å²) in [5.41, 5.74) is 2.31. The van der Waals surface area contributed by atoms with Crippen molar-refractivity contribution in [3.8, 4) is 0 Å². The number of aryl methyl sites for hydroxylation is 2. The number of benzene rings is 1. The van der Waals surface area contributed by atoms with Crippen LogP contribution >= 0.6 is 0 Å². The molecule has 0 aromatic heterocycles. The van der Waals surface area contributed by atoms with Crippen molar-refractivity contribution in [3.05, 3.63) is 29.3 Å². The molecule has 1 aromatic carbocycles. The summed E-state index contributed by atoms with van der Waals surface area (Å²) in [7, 11) is -7.05. The van der Waals surface area contributed by atoms with Crippen molar-refractivity contribution >= 4 is 20.0 Å². The number of sulfonamides is 2. The highest BCUT2D eigenvalue weighted by Crippen LogP contribution is 2.24. The van der Waals surface area contributed by atoms with E-state index in [1.807, 2.05) is 6.07 Å². The maximum Gasteiger partial charge on any atom is 0.240 e. The standard InChI is InChI=1S/C16H24N2O4S2/c19-23(20,18-10-3-4-11-18)12-9-17-24(21,22)16-8-7-14-5-1-2-6-15(14)13-16/h7-8,13,17H,1-6,9-12H2. The van der Waals surface area contributed by atoms with E-state index in [1.165, 1.54) is 9.87 Å². The molecule has 1 saturated heterocycles. The number of nitrogens with one attached hydrogen (secondary N) is 1. The zero-order valence-corrected chi connectivity index (χ0v) is 15.3. The third-order valence-corrected chi connectivity index (χ3v) is 8.07. The summed E-state index contributed by atoms with van der Waals surface area (Å²) >= 11 is 0. The van der Waals surface area contributed by atoms with Crippen LogP contribution in [-0.2, 0) is 32.9 Å². The Kier molecular flexibility index (Phi) is 5.29. The zero-order valence-electron chi connectivity index (χ0n) is 13.7. The van der Waals surface area contributed by atoms with E-state index in [0.29, 0.717) is 13.1 Å². The normalized spacial score (nSPS) is 19.3. The van der Waals surface area contributed by atoms with Crippen LogP contribution in [0.25, 0.3) is 0 Å². The molecule has 1 heterocycles. The van der Waals surface area contributed by atoms with Gasteiger partial charge in [-0.2, -0.15) is 0 Å². The molecule has 0 bridgehead atoms. The lowest BCUT2D eigenvalue weighted by Gasteiger charge is -2.17. The first-order valence-corrected chi connectivity index (χ1v) is 11.6. The maximum absolute atomic E-state index is 12.4. The predicted molar refractivity (Wildman–Crippen MR) is 92.9 cm³/mol. The smallest absolute Gasteiger partial charge is 0.212 e. The first kappa shape index (κ1) is 17.8. The zero-order chi connectivity index (χ0) is 17.2. The average molecular weight is 373 g/mol. The summed E-state index contributed by atoms with van der Waals surface area (Å²) < 4.78 is 53.0. The highest BCUT2D eigenvalue weighted by Gasteiger charge is 2.26. The summed E-state index contributed by atoms with van der Waals surface area (Å²) in [4.78, 5) is 0.224. The van der Waals surface area contributed by atoms with E-state index in [4.69, 9.17) is 0 Å². The van der Waals surface area contributed by atoms with Gasteiger partial charge in [-0.3, -0.25) is 0 Å². The van der Waals surface area contributed by atoms with Crippen molar-refractivity contribution in [1.29, 1.82) is 0 Å². The lowest BCUT2D eigenvalue weighted by molar-refractivity contribution is 0.477. The SMILES string of the molecule is O=S(=O)(NCCS(=O)(=O)N1CCCC1)c1ccc2c(c1)CCCC2. The Hall–Kier alpha value is -0.960. The second-order valence-electron chi connectivity index (χ2n) is 6.46. The Bertz CT molecular complexity index is 797. The number of hydrogen-bond donors (Lipinski definition) is 1. The molecule has 8 heteroatoms. The molecule has 3 rings (SSSR count). The first-order chi connectivity index (χ1) is 11.4. The molecule has 134 valence electrons. The molecule has 0 saturated carbocycles. The fourth-order valence-corrected chi connectivity index (χ4v) is 6.00. The Morgan fingerprint density at radius 3 is 2.29 bits per heavy atom. The van der Waals surface area contributed by atoms with Crippen LogP contribution in [0.1, 0.15) is 36.8 Å². The van der Waals surface area contributed by atoms with E-state index in [2.05, 4.69) is 4.72 Å². The lowest BCUT2D eigenvalue weighted by atomic mass is 9.92. The fourth-order valence-electron chi connectivity index (χ4n) is 3.36. The second-order valence-corrected chi connectivity index (χ2v) is 10.3. The van der Waals surface area contributed by atoms with Gasteiger partial charge in [-0.15, -0.1) is 0 Å². The van der Waals surface area contributed by atoms with Gasteiger partial charge in [-0.1, -0.05) is 6.07 Å². The maximum atomic E-state index is 12.4. The van der Waals surface area contributed by atoms with Crippen molar-refractivity contribution in [1.82, 2.24) is 9.03 Å². The Balaban J connectivity index is 1.64. The molecule has 24 heavy (non-hydrogen) atoms. The van der Waals surface area contributed by atoms with Crippen LogP contribution in [0.15, 0.2) is 23.1 Å². The summed E-state index contributed by atoms with van der Waals surface area (Å²) in [6.45, 7) is 0.984. The van der Waals surface area contributed by atoms with Crippen molar-refractivity contribution < 1.29 is 16.8 Å². The number of hydrogen-bond acceptors (Lipinski definition) is 4. The molecule has 6 nitrogen and oxygen atoms in total. The summed E-state index contributed by atoms with van der Waals surface area (Å²) in [6, 6.07) is 5.22. The van der Waals surface area contributed by atoms with Gasteiger partial charge >= 0.3 is 0 Å². The van der Waals surface area contributed by atoms with E-state index < -0.39 is 20.0 Å². The van der Waals surface area contributed by atoms with Crippen LogP contribution in [0.2, 0.25) is 0 Å². The topological polar surface area (TPSA) is 83.5 Å². The van der Waals surface area contributed by atoms with E-state index in [-0.39, 0.29) is 17.2 Å². The van der Waals surface area contributed by atoms with Crippen LogP contribution < -0.4 is 4.72 Å². The van der Waals surface area contributed by atoms with E-state index in [0.717, 1.165) is 44.1 Å². The van der Waals surface area contributed by atoms with Gasteiger partial charge in [0.1, 0.15) is 0 Å². The molecular weight excluding hydrogens is 348 g/mol. The van der Waals surface area contributed by atoms with Gasteiger partial charge in [0.05, 0.1) is 10.6 Å².